The molecule has 0 aliphatic carbocycles. The number of hydrogen-bond donors (Lipinski definition) is 2. The summed E-state index contributed by atoms with van der Waals surface area (Å²) in [5.41, 5.74) is 0. The smallest absolute Gasteiger partial charge is 0.434 e. The van der Waals surface area contributed by atoms with E-state index in [9.17, 15) is 14.4 Å². The van der Waals surface area contributed by atoms with Crippen LogP contribution in [0.15, 0.2) is 0 Å². The van der Waals surface area contributed by atoms with Gasteiger partial charge in [0.1, 0.15) is 0 Å². The van der Waals surface area contributed by atoms with Crippen molar-refractivity contribution in [2.75, 3.05) is 61.3 Å². The number of alkyl halides is 2. The van der Waals surface area contributed by atoms with E-state index in [1.54, 1.807) is 0 Å². The Bertz CT molecular complexity index is 551. The summed E-state index contributed by atoms with van der Waals surface area (Å²) in [7, 11) is 0. The van der Waals surface area contributed by atoms with Gasteiger partial charge in [0.2, 0.25) is 11.8 Å². The minimum absolute atomic E-state index is 0.200. The fourth-order valence-corrected chi connectivity index (χ4v) is 4.96. The first kappa shape index (κ1) is 27.8. The van der Waals surface area contributed by atoms with E-state index in [4.69, 9.17) is 9.47 Å². The van der Waals surface area contributed by atoms with Crippen LogP contribution >= 0.6 is 45.2 Å². The van der Waals surface area contributed by atoms with E-state index in [-0.39, 0.29) is 11.8 Å². The Kier molecular flexibility index (Phi) is 14.1. The summed E-state index contributed by atoms with van der Waals surface area (Å²) < 4.78 is 11.4. The van der Waals surface area contributed by atoms with Gasteiger partial charge in [0, 0.05) is 51.4 Å². The molecule has 2 unspecified atom stereocenters. The molecule has 0 spiro atoms. The van der Waals surface area contributed by atoms with Crippen LogP contribution < -0.4 is 10.6 Å². The van der Waals surface area contributed by atoms with Crippen molar-refractivity contribution in [2.45, 2.75) is 50.6 Å². The average Bonchev–Trinajstić information content (AvgIpc) is 2.83. The Balaban J connectivity index is 1.44. The molecule has 2 aliphatic rings. The van der Waals surface area contributed by atoms with Gasteiger partial charge in [0.25, 0.3) is 0 Å². The van der Waals surface area contributed by atoms with Gasteiger partial charge in [-0.1, -0.05) is 45.2 Å². The van der Waals surface area contributed by atoms with Crippen LogP contribution in [0.5, 0.6) is 0 Å². The third kappa shape index (κ3) is 10.7. The van der Waals surface area contributed by atoms with Crippen molar-refractivity contribution in [3.8, 4) is 0 Å². The molecule has 0 radical (unpaired) electrons. The lowest BCUT2D eigenvalue weighted by Crippen LogP contribution is -2.52. The standard InChI is InChI=1S/C21H36I2N4O5/c22-13-19(28)26-9-7-24-17(15-26)5-1-3-11-31-21(30)32-12-4-2-6-18-16-27(10-8-25-18)20(29)14-23/h17-18,24-25H,1-16H2. The van der Waals surface area contributed by atoms with E-state index in [0.717, 1.165) is 77.8 Å². The number of rotatable bonds is 12. The second kappa shape index (κ2) is 16.3. The van der Waals surface area contributed by atoms with Crippen LogP contribution in [0.1, 0.15) is 38.5 Å². The van der Waals surface area contributed by atoms with E-state index in [2.05, 4.69) is 55.8 Å². The second-order valence-corrected chi connectivity index (χ2v) is 9.71. The molecule has 2 saturated heterocycles. The largest absolute Gasteiger partial charge is 0.508 e. The van der Waals surface area contributed by atoms with E-state index >= 15 is 0 Å². The molecule has 0 aromatic heterocycles. The molecule has 0 bridgehead atoms. The Labute approximate surface area is 218 Å². The van der Waals surface area contributed by atoms with E-state index in [0.29, 0.717) is 34.2 Å². The highest BCUT2D eigenvalue weighted by atomic mass is 127. The lowest BCUT2D eigenvalue weighted by Gasteiger charge is -2.33. The van der Waals surface area contributed by atoms with Gasteiger partial charge in [0.15, 0.2) is 0 Å². The molecule has 2 fully saturated rings. The van der Waals surface area contributed by atoms with Crippen molar-refractivity contribution in [1.29, 1.82) is 0 Å². The number of amides is 2. The summed E-state index contributed by atoms with van der Waals surface area (Å²) >= 11 is 4.22. The van der Waals surface area contributed by atoms with Gasteiger partial charge in [-0.05, 0) is 38.5 Å². The molecule has 11 heteroatoms. The fraction of sp³-hybridized carbons (Fsp3) is 0.857. The lowest BCUT2D eigenvalue weighted by molar-refractivity contribution is -0.130. The maximum Gasteiger partial charge on any atom is 0.508 e. The SMILES string of the molecule is O=C(OCCCCC1CN(C(=O)CI)CCN1)OCCCCC1CN(C(=O)CI)CCN1. The maximum atomic E-state index is 11.8. The number of nitrogens with one attached hydrogen (secondary N) is 2. The predicted molar refractivity (Wildman–Crippen MR) is 140 cm³/mol. The minimum Gasteiger partial charge on any atom is -0.434 e. The van der Waals surface area contributed by atoms with Gasteiger partial charge in [0.05, 0.1) is 22.1 Å². The van der Waals surface area contributed by atoms with Crippen molar-refractivity contribution in [1.82, 2.24) is 20.4 Å². The van der Waals surface area contributed by atoms with E-state index < -0.39 is 6.16 Å². The quantitative estimate of drug-likeness (QED) is 0.141. The van der Waals surface area contributed by atoms with Crippen LogP contribution in [-0.2, 0) is 19.1 Å². The zero-order valence-corrected chi connectivity index (χ0v) is 23.0. The molecule has 32 heavy (non-hydrogen) atoms. The van der Waals surface area contributed by atoms with Crippen LogP contribution in [0.2, 0.25) is 0 Å². The normalized spacial score (nSPS) is 21.3. The van der Waals surface area contributed by atoms with Crippen LogP contribution in [-0.4, -0.2) is 101 Å². The topological polar surface area (TPSA) is 100 Å². The summed E-state index contributed by atoms with van der Waals surface area (Å²) in [6, 6.07) is 0.626. The summed E-state index contributed by atoms with van der Waals surface area (Å²) in [5, 5.41) is 6.90. The number of carbonyl (C=O) groups is 3. The van der Waals surface area contributed by atoms with E-state index in [1.165, 1.54) is 0 Å². The Hall–Kier alpha value is -0.410. The third-order valence-corrected chi connectivity index (χ3v) is 7.08. The molecular weight excluding hydrogens is 642 g/mol. The molecule has 2 N–H and O–H groups in total. The van der Waals surface area contributed by atoms with Gasteiger partial charge in [-0.3, -0.25) is 9.59 Å². The highest BCUT2D eigenvalue weighted by Gasteiger charge is 2.23. The number of unbranched alkanes of at least 4 members (excludes halogenated alkanes) is 2. The molecule has 184 valence electrons. The van der Waals surface area contributed by atoms with Crippen LogP contribution in [0.4, 0.5) is 4.79 Å². The zero-order valence-electron chi connectivity index (χ0n) is 18.7. The third-order valence-electron chi connectivity index (χ3n) is 5.78. The molecule has 0 aromatic rings. The zero-order chi connectivity index (χ0) is 23.2. The first-order valence-electron chi connectivity index (χ1n) is 11.5. The highest BCUT2D eigenvalue weighted by molar-refractivity contribution is 14.1. The maximum absolute atomic E-state index is 11.8. The molecule has 2 heterocycles. The molecular formula is C21H36I2N4O5. The van der Waals surface area contributed by atoms with Crippen molar-refractivity contribution in [2.24, 2.45) is 0 Å². The summed E-state index contributed by atoms with van der Waals surface area (Å²) in [6.07, 6.45) is 4.75. The number of carbonyl (C=O) groups excluding carboxylic acids is 3. The molecule has 2 atom stereocenters. The van der Waals surface area contributed by atoms with E-state index in [1.807, 2.05) is 9.80 Å². The van der Waals surface area contributed by atoms with Crippen molar-refractivity contribution < 1.29 is 23.9 Å². The van der Waals surface area contributed by atoms with Crippen LogP contribution in [0.3, 0.4) is 0 Å². The van der Waals surface area contributed by atoms with Gasteiger partial charge in [-0.25, -0.2) is 4.79 Å². The summed E-state index contributed by atoms with van der Waals surface area (Å²) in [4.78, 5) is 39.2. The number of nitrogens with zero attached hydrogens (tertiary/aromatic N) is 2. The summed E-state index contributed by atoms with van der Waals surface area (Å²) in [5.74, 6) is 0.401. The molecule has 9 nitrogen and oxygen atoms in total. The van der Waals surface area contributed by atoms with Crippen LogP contribution in [0.25, 0.3) is 0 Å². The Morgan fingerprint density at radius 1 is 0.750 bits per heavy atom. The minimum atomic E-state index is -0.603. The van der Waals surface area contributed by atoms with Gasteiger partial charge < -0.3 is 29.9 Å². The molecule has 0 saturated carbocycles. The number of hydrogen-bond acceptors (Lipinski definition) is 7. The Morgan fingerprint density at radius 3 is 1.59 bits per heavy atom. The fourth-order valence-electron chi connectivity index (χ4n) is 4.00. The van der Waals surface area contributed by atoms with Crippen LogP contribution in [0, 0.1) is 0 Å². The highest BCUT2D eigenvalue weighted by Crippen LogP contribution is 2.10. The first-order chi connectivity index (χ1) is 15.5. The molecule has 2 rings (SSSR count). The molecule has 0 aromatic carbocycles. The van der Waals surface area contributed by atoms with Gasteiger partial charge in [-0.15, -0.1) is 0 Å². The summed E-state index contributed by atoms with van der Waals surface area (Å²) in [6.45, 7) is 5.45. The van der Waals surface area contributed by atoms with Crippen molar-refractivity contribution in [3.05, 3.63) is 0 Å². The van der Waals surface area contributed by atoms with Gasteiger partial charge >= 0.3 is 6.16 Å². The molecule has 2 amide bonds. The number of piperazine rings is 2. The Morgan fingerprint density at radius 2 is 1.19 bits per heavy atom. The predicted octanol–water partition coefficient (Wildman–Crippen LogP) is 1.95. The van der Waals surface area contributed by atoms with Crippen molar-refractivity contribution in [3.63, 3.8) is 0 Å². The lowest BCUT2D eigenvalue weighted by atomic mass is 10.1. The molecule has 2 aliphatic heterocycles. The van der Waals surface area contributed by atoms with Gasteiger partial charge in [-0.2, -0.15) is 0 Å². The first-order valence-corrected chi connectivity index (χ1v) is 14.5. The number of halogens is 2. The monoisotopic (exact) mass is 678 g/mol. The second-order valence-electron chi connectivity index (χ2n) is 8.19. The number of ether oxygens (including phenoxy) is 2. The average molecular weight is 678 g/mol. The van der Waals surface area contributed by atoms with Crippen molar-refractivity contribution >= 4 is 63.2 Å².